The van der Waals surface area contributed by atoms with Gasteiger partial charge in [-0.1, -0.05) is 12.1 Å². The Kier molecular flexibility index (Phi) is 4.55. The number of hydrogen-bond acceptors (Lipinski definition) is 4. The van der Waals surface area contributed by atoms with Crippen LogP contribution >= 0.6 is 0 Å². The van der Waals surface area contributed by atoms with Crippen LogP contribution in [-0.2, 0) is 11.3 Å². The Morgan fingerprint density at radius 3 is 2.93 bits per heavy atom. The summed E-state index contributed by atoms with van der Waals surface area (Å²) in [5, 5.41) is 16.9. The number of aliphatic hydroxyl groups excluding tert-OH is 1. The lowest BCUT2D eigenvalue weighted by Gasteiger charge is -2.01. The SMILES string of the molecule is CCCOCCn1cc(C(C)O)nn1. The van der Waals surface area contributed by atoms with Gasteiger partial charge < -0.3 is 9.84 Å². The van der Waals surface area contributed by atoms with Crippen LogP contribution in [0.15, 0.2) is 6.20 Å². The van der Waals surface area contributed by atoms with Gasteiger partial charge in [-0.05, 0) is 13.3 Å². The van der Waals surface area contributed by atoms with E-state index in [-0.39, 0.29) is 0 Å². The molecule has 5 nitrogen and oxygen atoms in total. The Morgan fingerprint density at radius 1 is 1.57 bits per heavy atom. The lowest BCUT2D eigenvalue weighted by molar-refractivity contribution is 0.124. The Balaban J connectivity index is 2.29. The van der Waals surface area contributed by atoms with Gasteiger partial charge in [0.2, 0.25) is 0 Å². The highest BCUT2D eigenvalue weighted by Gasteiger charge is 2.05. The minimum atomic E-state index is -0.555. The molecule has 0 radical (unpaired) electrons. The first-order valence-electron chi connectivity index (χ1n) is 4.90. The fourth-order valence-corrected chi connectivity index (χ4v) is 1.02. The van der Waals surface area contributed by atoms with E-state index in [1.807, 2.05) is 0 Å². The summed E-state index contributed by atoms with van der Waals surface area (Å²) in [7, 11) is 0. The smallest absolute Gasteiger partial charge is 0.111 e. The van der Waals surface area contributed by atoms with Crippen molar-refractivity contribution in [2.45, 2.75) is 32.9 Å². The Labute approximate surface area is 83.7 Å². The van der Waals surface area contributed by atoms with E-state index in [0.717, 1.165) is 13.0 Å². The van der Waals surface area contributed by atoms with Gasteiger partial charge in [0.05, 0.1) is 25.5 Å². The van der Waals surface area contributed by atoms with Crippen molar-refractivity contribution in [3.8, 4) is 0 Å². The summed E-state index contributed by atoms with van der Waals surface area (Å²) in [6, 6.07) is 0. The molecule has 1 aromatic heterocycles. The van der Waals surface area contributed by atoms with Crippen LogP contribution in [0, 0.1) is 0 Å². The van der Waals surface area contributed by atoms with E-state index in [1.54, 1.807) is 17.8 Å². The van der Waals surface area contributed by atoms with Crippen molar-refractivity contribution in [3.63, 3.8) is 0 Å². The van der Waals surface area contributed by atoms with Gasteiger partial charge in [-0.3, -0.25) is 0 Å². The standard InChI is InChI=1S/C9H17N3O2/c1-3-5-14-6-4-12-7-9(8(2)13)10-11-12/h7-8,13H,3-6H2,1-2H3. The van der Waals surface area contributed by atoms with E-state index in [2.05, 4.69) is 17.2 Å². The molecule has 0 amide bonds. The zero-order valence-electron chi connectivity index (χ0n) is 8.68. The van der Waals surface area contributed by atoms with Crippen molar-refractivity contribution in [1.82, 2.24) is 15.0 Å². The highest BCUT2D eigenvalue weighted by molar-refractivity contribution is 4.95. The molecule has 1 unspecified atom stereocenters. The minimum absolute atomic E-state index is 0.555. The van der Waals surface area contributed by atoms with Crippen LogP contribution in [0.25, 0.3) is 0 Å². The summed E-state index contributed by atoms with van der Waals surface area (Å²) in [4.78, 5) is 0. The molecule has 1 aromatic rings. The minimum Gasteiger partial charge on any atom is -0.387 e. The molecule has 14 heavy (non-hydrogen) atoms. The second-order valence-corrected chi connectivity index (χ2v) is 3.19. The van der Waals surface area contributed by atoms with E-state index in [0.29, 0.717) is 18.8 Å². The molecule has 0 saturated heterocycles. The molecule has 0 saturated carbocycles. The molecule has 0 fully saturated rings. The van der Waals surface area contributed by atoms with Crippen molar-refractivity contribution in [2.24, 2.45) is 0 Å². The average molecular weight is 199 g/mol. The third kappa shape index (κ3) is 3.43. The van der Waals surface area contributed by atoms with Crippen molar-refractivity contribution < 1.29 is 9.84 Å². The number of ether oxygens (including phenoxy) is 1. The molecule has 0 spiro atoms. The molecule has 1 N–H and O–H groups in total. The molecular weight excluding hydrogens is 182 g/mol. The van der Waals surface area contributed by atoms with Crippen molar-refractivity contribution in [2.75, 3.05) is 13.2 Å². The van der Waals surface area contributed by atoms with Crippen LogP contribution in [0.2, 0.25) is 0 Å². The van der Waals surface area contributed by atoms with Gasteiger partial charge in [0.25, 0.3) is 0 Å². The van der Waals surface area contributed by atoms with Gasteiger partial charge in [-0.15, -0.1) is 5.10 Å². The van der Waals surface area contributed by atoms with Gasteiger partial charge >= 0.3 is 0 Å². The molecule has 0 aromatic carbocycles. The molecule has 0 aliphatic carbocycles. The third-order valence-electron chi connectivity index (χ3n) is 1.80. The molecule has 80 valence electrons. The number of nitrogens with zero attached hydrogens (tertiary/aromatic N) is 3. The fourth-order valence-electron chi connectivity index (χ4n) is 1.02. The molecular formula is C9H17N3O2. The third-order valence-corrected chi connectivity index (χ3v) is 1.80. The van der Waals surface area contributed by atoms with Gasteiger partial charge in [0.1, 0.15) is 5.69 Å². The van der Waals surface area contributed by atoms with Gasteiger partial charge in [-0.25, -0.2) is 4.68 Å². The second-order valence-electron chi connectivity index (χ2n) is 3.19. The predicted molar refractivity (Wildman–Crippen MR) is 51.8 cm³/mol. The lowest BCUT2D eigenvalue weighted by atomic mass is 10.3. The van der Waals surface area contributed by atoms with Crippen LogP contribution in [0.1, 0.15) is 32.1 Å². The first kappa shape index (κ1) is 11.1. The van der Waals surface area contributed by atoms with E-state index in [4.69, 9.17) is 4.74 Å². The van der Waals surface area contributed by atoms with Crippen molar-refractivity contribution >= 4 is 0 Å². The molecule has 0 aliphatic heterocycles. The summed E-state index contributed by atoms with van der Waals surface area (Å²) in [5.74, 6) is 0. The monoisotopic (exact) mass is 199 g/mol. The molecule has 5 heteroatoms. The number of aliphatic hydroxyl groups is 1. The summed E-state index contributed by atoms with van der Waals surface area (Å²) in [6.45, 7) is 5.83. The van der Waals surface area contributed by atoms with Crippen LogP contribution in [0.4, 0.5) is 0 Å². The van der Waals surface area contributed by atoms with E-state index >= 15 is 0 Å². The lowest BCUT2D eigenvalue weighted by Crippen LogP contribution is -2.07. The zero-order valence-corrected chi connectivity index (χ0v) is 8.68. The number of rotatable bonds is 6. The highest BCUT2D eigenvalue weighted by Crippen LogP contribution is 2.05. The van der Waals surface area contributed by atoms with Crippen molar-refractivity contribution in [1.29, 1.82) is 0 Å². The maximum Gasteiger partial charge on any atom is 0.111 e. The highest BCUT2D eigenvalue weighted by atomic mass is 16.5. The maximum atomic E-state index is 9.20. The first-order chi connectivity index (χ1) is 6.74. The van der Waals surface area contributed by atoms with E-state index in [1.165, 1.54) is 0 Å². The zero-order chi connectivity index (χ0) is 10.4. The summed E-state index contributed by atoms with van der Waals surface area (Å²) < 4.78 is 6.98. The van der Waals surface area contributed by atoms with Crippen LogP contribution in [-0.4, -0.2) is 33.3 Å². The Bertz CT molecular complexity index is 260. The molecule has 1 rings (SSSR count). The summed E-state index contributed by atoms with van der Waals surface area (Å²) in [6.07, 6.45) is 2.20. The average Bonchev–Trinajstić information content (AvgIpc) is 2.61. The Morgan fingerprint density at radius 2 is 2.36 bits per heavy atom. The van der Waals surface area contributed by atoms with E-state index in [9.17, 15) is 5.11 Å². The van der Waals surface area contributed by atoms with Crippen LogP contribution in [0.3, 0.4) is 0 Å². The quantitative estimate of drug-likeness (QED) is 0.687. The molecule has 1 atom stereocenters. The topological polar surface area (TPSA) is 60.2 Å². The van der Waals surface area contributed by atoms with Gasteiger partial charge in [0.15, 0.2) is 0 Å². The molecule has 1 heterocycles. The Hall–Kier alpha value is -0.940. The van der Waals surface area contributed by atoms with Crippen molar-refractivity contribution in [3.05, 3.63) is 11.9 Å². The van der Waals surface area contributed by atoms with Crippen LogP contribution < -0.4 is 0 Å². The molecule has 0 bridgehead atoms. The number of hydrogen-bond donors (Lipinski definition) is 1. The van der Waals surface area contributed by atoms with Gasteiger partial charge in [-0.2, -0.15) is 0 Å². The summed E-state index contributed by atoms with van der Waals surface area (Å²) >= 11 is 0. The second kappa shape index (κ2) is 5.72. The summed E-state index contributed by atoms with van der Waals surface area (Å²) in [5.41, 5.74) is 0.598. The number of aromatic nitrogens is 3. The predicted octanol–water partition coefficient (Wildman–Crippen LogP) is 0.758. The van der Waals surface area contributed by atoms with Gasteiger partial charge in [0, 0.05) is 6.61 Å². The normalized spacial score (nSPS) is 13.1. The maximum absolute atomic E-state index is 9.20. The van der Waals surface area contributed by atoms with E-state index < -0.39 is 6.10 Å². The van der Waals surface area contributed by atoms with Crippen LogP contribution in [0.5, 0.6) is 0 Å². The molecule has 0 aliphatic rings. The fraction of sp³-hybridized carbons (Fsp3) is 0.778. The largest absolute Gasteiger partial charge is 0.387 e. The first-order valence-corrected chi connectivity index (χ1v) is 4.90.